The third kappa shape index (κ3) is 3.42. The highest BCUT2D eigenvalue weighted by Crippen LogP contribution is 2.33. The quantitative estimate of drug-likeness (QED) is 0.743. The monoisotopic (exact) mass is 355 g/mol. The molecule has 20 heavy (non-hydrogen) atoms. The van der Waals surface area contributed by atoms with Crippen LogP contribution in [0.15, 0.2) is 23.1 Å². The van der Waals surface area contributed by atoms with E-state index in [9.17, 15) is 8.42 Å². The molecule has 1 atom stereocenters. The summed E-state index contributed by atoms with van der Waals surface area (Å²) in [6.45, 7) is 0.526. The van der Waals surface area contributed by atoms with Crippen molar-refractivity contribution < 1.29 is 8.42 Å². The van der Waals surface area contributed by atoms with E-state index < -0.39 is 10.0 Å². The van der Waals surface area contributed by atoms with Crippen molar-refractivity contribution in [3.63, 3.8) is 0 Å². The molecular weight excluding hydrogens is 341 g/mol. The number of rotatable bonds is 5. The third-order valence-corrected chi connectivity index (χ3v) is 6.41. The van der Waals surface area contributed by atoms with Crippen molar-refractivity contribution >= 4 is 44.8 Å². The van der Waals surface area contributed by atoms with E-state index in [4.69, 9.17) is 34.8 Å². The summed E-state index contributed by atoms with van der Waals surface area (Å²) in [6, 6.07) is 4.52. The molecule has 0 N–H and O–H groups in total. The van der Waals surface area contributed by atoms with Gasteiger partial charge in [-0.05, 0) is 43.9 Å². The summed E-state index contributed by atoms with van der Waals surface area (Å²) in [5.74, 6) is 0.544. The van der Waals surface area contributed by atoms with Crippen LogP contribution in [-0.4, -0.2) is 31.2 Å². The minimum absolute atomic E-state index is 0.00815. The molecule has 0 saturated carbocycles. The molecule has 1 heterocycles. The number of hydrogen-bond donors (Lipinski definition) is 0. The highest BCUT2D eigenvalue weighted by molar-refractivity contribution is 7.89. The van der Waals surface area contributed by atoms with Crippen LogP contribution in [0.25, 0.3) is 0 Å². The standard InChI is InChI=1S/C13H16Cl3NO2S/c14-7-1-3-11-4-2-8-17(11)20(18,19)13-9-10(15)5-6-12(13)16/h5-6,9,11H,1-4,7-8H2. The van der Waals surface area contributed by atoms with Crippen LogP contribution >= 0.6 is 34.8 Å². The van der Waals surface area contributed by atoms with Gasteiger partial charge >= 0.3 is 0 Å². The maximum Gasteiger partial charge on any atom is 0.244 e. The Hall–Kier alpha value is -0.0000000000000000555. The third-order valence-electron chi connectivity index (χ3n) is 3.47. The SMILES string of the molecule is O=S(=O)(c1cc(Cl)ccc1Cl)N1CCCC1CCCCl. The second-order valence-electron chi connectivity index (χ2n) is 4.82. The molecule has 7 heteroatoms. The second-order valence-corrected chi connectivity index (χ2v) is 7.90. The molecule has 1 fully saturated rings. The number of halogens is 3. The Kier molecular flexibility index (Phi) is 5.60. The van der Waals surface area contributed by atoms with Crippen LogP contribution in [0.1, 0.15) is 25.7 Å². The molecule has 112 valence electrons. The van der Waals surface area contributed by atoms with E-state index >= 15 is 0 Å². The van der Waals surface area contributed by atoms with Crippen molar-refractivity contribution in [1.29, 1.82) is 0 Å². The van der Waals surface area contributed by atoms with Crippen molar-refractivity contribution in [2.75, 3.05) is 12.4 Å². The average molecular weight is 357 g/mol. The Balaban J connectivity index is 2.31. The Labute approximate surface area is 134 Å². The van der Waals surface area contributed by atoms with Gasteiger partial charge in [0.05, 0.1) is 5.02 Å². The Morgan fingerprint density at radius 3 is 2.75 bits per heavy atom. The van der Waals surface area contributed by atoms with Crippen LogP contribution in [-0.2, 0) is 10.0 Å². The lowest BCUT2D eigenvalue weighted by Crippen LogP contribution is -2.35. The predicted molar refractivity (Wildman–Crippen MR) is 83.3 cm³/mol. The summed E-state index contributed by atoms with van der Waals surface area (Å²) in [7, 11) is -3.60. The van der Waals surface area contributed by atoms with Gasteiger partial charge in [-0.25, -0.2) is 8.42 Å². The van der Waals surface area contributed by atoms with Gasteiger partial charge in [-0.3, -0.25) is 0 Å². The summed E-state index contributed by atoms with van der Waals surface area (Å²) < 4.78 is 27.0. The minimum Gasteiger partial charge on any atom is -0.207 e. The smallest absolute Gasteiger partial charge is 0.207 e. The lowest BCUT2D eigenvalue weighted by Gasteiger charge is -2.24. The first-order valence-electron chi connectivity index (χ1n) is 6.49. The van der Waals surface area contributed by atoms with Crippen molar-refractivity contribution in [3.8, 4) is 0 Å². The molecule has 0 amide bonds. The van der Waals surface area contributed by atoms with E-state index in [0.717, 1.165) is 25.7 Å². The van der Waals surface area contributed by atoms with Gasteiger partial charge in [0.1, 0.15) is 4.90 Å². The van der Waals surface area contributed by atoms with E-state index in [0.29, 0.717) is 17.4 Å². The molecule has 3 nitrogen and oxygen atoms in total. The van der Waals surface area contributed by atoms with Crippen LogP contribution in [0.5, 0.6) is 0 Å². The first-order chi connectivity index (χ1) is 9.46. The molecule has 1 aliphatic rings. The van der Waals surface area contributed by atoms with Gasteiger partial charge in [-0.2, -0.15) is 4.31 Å². The number of sulfonamides is 1. The molecule has 0 aromatic heterocycles. The van der Waals surface area contributed by atoms with E-state index in [1.54, 1.807) is 6.07 Å². The largest absolute Gasteiger partial charge is 0.244 e. The van der Waals surface area contributed by atoms with Gasteiger partial charge < -0.3 is 0 Å². The molecule has 1 aromatic carbocycles. The summed E-state index contributed by atoms with van der Waals surface area (Å²) in [5.41, 5.74) is 0. The Morgan fingerprint density at radius 2 is 2.05 bits per heavy atom. The van der Waals surface area contributed by atoms with Gasteiger partial charge in [-0.15, -0.1) is 11.6 Å². The summed E-state index contributed by atoms with van der Waals surface area (Å²) >= 11 is 17.6. The number of nitrogens with zero attached hydrogens (tertiary/aromatic N) is 1. The maximum atomic E-state index is 12.7. The number of hydrogen-bond acceptors (Lipinski definition) is 2. The van der Waals surface area contributed by atoms with E-state index in [2.05, 4.69) is 0 Å². The average Bonchev–Trinajstić information content (AvgIpc) is 2.88. The fourth-order valence-electron chi connectivity index (χ4n) is 2.53. The van der Waals surface area contributed by atoms with Gasteiger partial charge in [-0.1, -0.05) is 23.2 Å². The first-order valence-corrected chi connectivity index (χ1v) is 9.22. The molecule has 2 rings (SSSR count). The Bertz CT molecular complexity index is 577. The lowest BCUT2D eigenvalue weighted by atomic mass is 10.1. The van der Waals surface area contributed by atoms with Crippen LogP contribution in [0.2, 0.25) is 10.0 Å². The van der Waals surface area contributed by atoms with Crippen LogP contribution < -0.4 is 0 Å². The van der Waals surface area contributed by atoms with Crippen LogP contribution in [0, 0.1) is 0 Å². The van der Waals surface area contributed by atoms with E-state index in [-0.39, 0.29) is 16.0 Å². The number of benzene rings is 1. The zero-order chi connectivity index (χ0) is 14.8. The Morgan fingerprint density at radius 1 is 1.30 bits per heavy atom. The molecular formula is C13H16Cl3NO2S. The molecule has 1 saturated heterocycles. The maximum absolute atomic E-state index is 12.7. The summed E-state index contributed by atoms with van der Waals surface area (Å²) in [4.78, 5) is 0.0874. The lowest BCUT2D eigenvalue weighted by molar-refractivity contribution is 0.368. The normalized spacial score (nSPS) is 20.4. The zero-order valence-corrected chi connectivity index (χ0v) is 13.9. The second kappa shape index (κ2) is 6.84. The van der Waals surface area contributed by atoms with Crippen molar-refractivity contribution in [2.24, 2.45) is 0 Å². The van der Waals surface area contributed by atoms with E-state index in [1.165, 1.54) is 16.4 Å². The summed E-state index contributed by atoms with van der Waals surface area (Å²) in [6.07, 6.45) is 3.32. The van der Waals surface area contributed by atoms with Crippen LogP contribution in [0.3, 0.4) is 0 Å². The van der Waals surface area contributed by atoms with Crippen molar-refractivity contribution in [2.45, 2.75) is 36.6 Å². The highest BCUT2D eigenvalue weighted by atomic mass is 35.5. The fourth-order valence-corrected chi connectivity index (χ4v) is 5.14. The van der Waals surface area contributed by atoms with Crippen molar-refractivity contribution in [3.05, 3.63) is 28.2 Å². The number of alkyl halides is 1. The molecule has 1 unspecified atom stereocenters. The van der Waals surface area contributed by atoms with Crippen molar-refractivity contribution in [1.82, 2.24) is 4.31 Å². The predicted octanol–water partition coefficient (Wildman–Crippen LogP) is 4.17. The first kappa shape index (κ1) is 16.4. The van der Waals surface area contributed by atoms with Crippen LogP contribution in [0.4, 0.5) is 0 Å². The molecule has 1 aromatic rings. The minimum atomic E-state index is -3.60. The molecule has 0 spiro atoms. The molecule has 1 aliphatic heterocycles. The van der Waals surface area contributed by atoms with Gasteiger partial charge in [0.25, 0.3) is 0 Å². The van der Waals surface area contributed by atoms with E-state index in [1.807, 2.05) is 0 Å². The fraction of sp³-hybridized carbons (Fsp3) is 0.538. The molecule has 0 radical (unpaired) electrons. The zero-order valence-electron chi connectivity index (χ0n) is 10.9. The topological polar surface area (TPSA) is 37.4 Å². The highest BCUT2D eigenvalue weighted by Gasteiger charge is 2.35. The van der Waals surface area contributed by atoms with Gasteiger partial charge in [0.2, 0.25) is 10.0 Å². The van der Waals surface area contributed by atoms with Gasteiger partial charge in [0.15, 0.2) is 0 Å². The summed E-state index contributed by atoms with van der Waals surface area (Å²) in [5, 5.41) is 0.571. The molecule has 0 aliphatic carbocycles. The molecule has 0 bridgehead atoms. The van der Waals surface area contributed by atoms with Gasteiger partial charge in [0, 0.05) is 23.5 Å².